The number of amides is 1. The van der Waals surface area contributed by atoms with Gasteiger partial charge in [-0.25, -0.2) is 4.98 Å². The van der Waals surface area contributed by atoms with Crippen LogP contribution in [0.3, 0.4) is 0 Å². The molecule has 5 nitrogen and oxygen atoms in total. The first-order valence-corrected chi connectivity index (χ1v) is 5.89. The van der Waals surface area contributed by atoms with Crippen LogP contribution >= 0.6 is 11.3 Å². The molecule has 0 radical (unpaired) electrons. The summed E-state index contributed by atoms with van der Waals surface area (Å²) in [5.74, 6) is -0.115. The van der Waals surface area contributed by atoms with Gasteiger partial charge in [-0.05, 0) is 20.3 Å². The maximum absolute atomic E-state index is 11.8. The minimum atomic E-state index is -0.115. The zero-order chi connectivity index (χ0) is 12.1. The smallest absolute Gasteiger partial charge is 0.263 e. The highest BCUT2D eigenvalue weighted by atomic mass is 32.1. The second-order valence-electron chi connectivity index (χ2n) is 3.62. The lowest BCUT2D eigenvalue weighted by atomic mass is 10.2. The number of carbonyl (C=O) groups is 1. The number of carbonyl (C=O) groups excluding carboxylic acids is 1. The van der Waals surface area contributed by atoms with E-state index in [-0.39, 0.29) is 11.9 Å². The maximum atomic E-state index is 11.8. The summed E-state index contributed by atoms with van der Waals surface area (Å²) in [6.45, 7) is 4.35. The van der Waals surface area contributed by atoms with Crippen LogP contribution in [0.1, 0.15) is 28.7 Å². The quantitative estimate of drug-likeness (QED) is 0.814. The molecule has 0 saturated carbocycles. The second kappa shape index (κ2) is 5.81. The Morgan fingerprint density at radius 3 is 2.88 bits per heavy atom. The summed E-state index contributed by atoms with van der Waals surface area (Å²) in [7, 11) is 1.64. The third-order valence-corrected chi connectivity index (χ3v) is 3.14. The number of nitrogen functional groups attached to an aromatic ring is 1. The predicted molar refractivity (Wildman–Crippen MR) is 64.7 cm³/mol. The highest BCUT2D eigenvalue weighted by Gasteiger charge is 2.15. The number of nitrogens with two attached hydrogens (primary N) is 1. The molecule has 1 unspecified atom stereocenters. The lowest BCUT2D eigenvalue weighted by Gasteiger charge is -2.12. The van der Waals surface area contributed by atoms with Gasteiger partial charge in [-0.15, -0.1) is 0 Å². The molecule has 3 N–H and O–H groups in total. The van der Waals surface area contributed by atoms with Crippen LogP contribution in [-0.4, -0.2) is 30.6 Å². The summed E-state index contributed by atoms with van der Waals surface area (Å²) in [5, 5.41) is 3.30. The van der Waals surface area contributed by atoms with E-state index in [1.54, 1.807) is 14.0 Å². The summed E-state index contributed by atoms with van der Waals surface area (Å²) >= 11 is 1.21. The lowest BCUT2D eigenvalue weighted by Crippen LogP contribution is -2.33. The van der Waals surface area contributed by atoms with Crippen molar-refractivity contribution >= 4 is 22.4 Å². The summed E-state index contributed by atoms with van der Waals surface area (Å²) in [5.41, 5.74) is 6.22. The van der Waals surface area contributed by atoms with E-state index in [0.717, 1.165) is 6.42 Å². The number of rotatable bonds is 5. The number of anilines is 1. The van der Waals surface area contributed by atoms with Crippen LogP contribution in [-0.2, 0) is 4.74 Å². The fourth-order valence-electron chi connectivity index (χ4n) is 1.28. The number of hydrogen-bond acceptors (Lipinski definition) is 5. The molecule has 1 amide bonds. The monoisotopic (exact) mass is 243 g/mol. The molecule has 16 heavy (non-hydrogen) atoms. The van der Waals surface area contributed by atoms with Crippen molar-refractivity contribution in [3.8, 4) is 0 Å². The molecule has 1 atom stereocenters. The lowest BCUT2D eigenvalue weighted by molar-refractivity contribution is 0.0933. The maximum Gasteiger partial charge on any atom is 0.263 e. The van der Waals surface area contributed by atoms with Gasteiger partial charge < -0.3 is 15.8 Å². The molecule has 0 aromatic carbocycles. The van der Waals surface area contributed by atoms with Crippen molar-refractivity contribution in [2.45, 2.75) is 26.3 Å². The van der Waals surface area contributed by atoms with Crippen LogP contribution in [0.15, 0.2) is 0 Å². The van der Waals surface area contributed by atoms with Gasteiger partial charge in [0, 0.05) is 19.8 Å². The van der Waals surface area contributed by atoms with Gasteiger partial charge >= 0.3 is 0 Å². The Morgan fingerprint density at radius 1 is 1.69 bits per heavy atom. The fourth-order valence-corrected chi connectivity index (χ4v) is 2.02. The minimum absolute atomic E-state index is 0.0789. The Bertz CT molecular complexity index is 365. The van der Waals surface area contributed by atoms with Crippen LogP contribution in [0.4, 0.5) is 5.13 Å². The highest BCUT2D eigenvalue weighted by Crippen LogP contribution is 2.19. The van der Waals surface area contributed by atoms with E-state index < -0.39 is 0 Å². The molecule has 0 bridgehead atoms. The van der Waals surface area contributed by atoms with E-state index in [1.807, 2.05) is 6.92 Å². The van der Waals surface area contributed by atoms with E-state index >= 15 is 0 Å². The third kappa shape index (κ3) is 3.46. The first-order chi connectivity index (χ1) is 7.54. The van der Waals surface area contributed by atoms with Crippen molar-refractivity contribution < 1.29 is 9.53 Å². The van der Waals surface area contributed by atoms with Gasteiger partial charge in [-0.3, -0.25) is 4.79 Å². The average molecular weight is 243 g/mol. The Morgan fingerprint density at radius 2 is 2.38 bits per heavy atom. The van der Waals surface area contributed by atoms with Gasteiger partial charge in [-0.1, -0.05) is 11.3 Å². The number of hydrogen-bond donors (Lipinski definition) is 2. The molecule has 1 aromatic heterocycles. The van der Waals surface area contributed by atoms with Gasteiger partial charge in [0.05, 0.1) is 5.69 Å². The zero-order valence-electron chi connectivity index (χ0n) is 9.74. The van der Waals surface area contributed by atoms with Crippen LogP contribution in [0, 0.1) is 6.92 Å². The molecule has 0 aliphatic heterocycles. The van der Waals surface area contributed by atoms with Gasteiger partial charge in [0.25, 0.3) is 5.91 Å². The number of aryl methyl sites for hydroxylation is 1. The highest BCUT2D eigenvalue weighted by molar-refractivity contribution is 7.17. The summed E-state index contributed by atoms with van der Waals surface area (Å²) < 4.78 is 4.95. The largest absolute Gasteiger partial charge is 0.385 e. The Kier molecular flexibility index (Phi) is 4.70. The molecule has 90 valence electrons. The number of nitrogens with one attached hydrogen (secondary N) is 1. The summed E-state index contributed by atoms with van der Waals surface area (Å²) in [4.78, 5) is 16.4. The van der Waals surface area contributed by atoms with Gasteiger partial charge in [0.2, 0.25) is 0 Å². The summed E-state index contributed by atoms with van der Waals surface area (Å²) in [6, 6.07) is 0.0789. The molecule has 0 spiro atoms. The molecular formula is C10H17N3O2S. The summed E-state index contributed by atoms with van der Waals surface area (Å²) in [6.07, 6.45) is 0.787. The standard InChI is InChI=1S/C10H17N3O2S/c1-6(4-5-15-3)12-9(14)8-7(2)13-10(11)16-8/h6H,4-5H2,1-3H3,(H2,11,13)(H,12,14). The third-order valence-electron chi connectivity index (χ3n) is 2.15. The number of methoxy groups -OCH3 is 1. The van der Waals surface area contributed by atoms with Gasteiger partial charge in [0.15, 0.2) is 5.13 Å². The molecule has 1 aromatic rings. The van der Waals surface area contributed by atoms with Crippen molar-refractivity contribution in [3.63, 3.8) is 0 Å². The van der Waals surface area contributed by atoms with E-state index in [2.05, 4.69) is 10.3 Å². The molecular weight excluding hydrogens is 226 g/mol. The molecule has 1 heterocycles. The van der Waals surface area contributed by atoms with Crippen molar-refractivity contribution in [1.29, 1.82) is 0 Å². The van der Waals surface area contributed by atoms with E-state index in [1.165, 1.54) is 11.3 Å². The van der Waals surface area contributed by atoms with Crippen molar-refractivity contribution in [1.82, 2.24) is 10.3 Å². The van der Waals surface area contributed by atoms with Crippen molar-refractivity contribution in [2.24, 2.45) is 0 Å². The Hall–Kier alpha value is -1.14. The van der Waals surface area contributed by atoms with Crippen LogP contribution < -0.4 is 11.1 Å². The van der Waals surface area contributed by atoms with E-state index in [0.29, 0.717) is 22.3 Å². The first kappa shape index (κ1) is 12.9. The predicted octanol–water partition coefficient (Wildman–Crippen LogP) is 1.19. The number of aromatic nitrogens is 1. The van der Waals surface area contributed by atoms with E-state index in [9.17, 15) is 4.79 Å². The van der Waals surface area contributed by atoms with Gasteiger partial charge in [-0.2, -0.15) is 0 Å². The van der Waals surface area contributed by atoms with Gasteiger partial charge in [0.1, 0.15) is 4.88 Å². The van der Waals surface area contributed by atoms with Crippen LogP contribution in [0.25, 0.3) is 0 Å². The molecule has 0 saturated heterocycles. The topological polar surface area (TPSA) is 77.2 Å². The normalized spacial score (nSPS) is 12.4. The van der Waals surface area contributed by atoms with Crippen LogP contribution in [0.2, 0.25) is 0 Å². The van der Waals surface area contributed by atoms with E-state index in [4.69, 9.17) is 10.5 Å². The molecule has 1 rings (SSSR count). The fraction of sp³-hybridized carbons (Fsp3) is 0.600. The molecule has 0 aliphatic rings. The minimum Gasteiger partial charge on any atom is -0.385 e. The SMILES string of the molecule is COCCC(C)NC(=O)c1sc(N)nc1C. The van der Waals surface area contributed by atoms with Crippen LogP contribution in [0.5, 0.6) is 0 Å². The first-order valence-electron chi connectivity index (χ1n) is 5.07. The average Bonchev–Trinajstić information content (AvgIpc) is 2.54. The van der Waals surface area contributed by atoms with Crippen molar-refractivity contribution in [2.75, 3.05) is 19.5 Å². The molecule has 0 aliphatic carbocycles. The van der Waals surface area contributed by atoms with Crippen molar-refractivity contribution in [3.05, 3.63) is 10.6 Å². The molecule has 6 heteroatoms. The molecule has 0 fully saturated rings. The number of ether oxygens (including phenoxy) is 1. The number of thiazole rings is 1. The zero-order valence-corrected chi connectivity index (χ0v) is 10.6. The Labute approximate surface area is 99.0 Å². The number of nitrogens with zero attached hydrogens (tertiary/aromatic N) is 1. The second-order valence-corrected chi connectivity index (χ2v) is 4.65. The Balaban J connectivity index is 2.55.